The van der Waals surface area contributed by atoms with E-state index in [0.29, 0.717) is 26.4 Å². The van der Waals surface area contributed by atoms with E-state index < -0.39 is 0 Å². The summed E-state index contributed by atoms with van der Waals surface area (Å²) in [5.41, 5.74) is 2.71. The van der Waals surface area contributed by atoms with Crippen LogP contribution in [0.3, 0.4) is 0 Å². The van der Waals surface area contributed by atoms with Gasteiger partial charge in [0.25, 0.3) is 0 Å². The molecule has 0 saturated carbocycles. The molecule has 0 radical (unpaired) electrons. The minimum atomic E-state index is -0.118. The van der Waals surface area contributed by atoms with E-state index in [1.54, 1.807) is 19.2 Å². The lowest BCUT2D eigenvalue weighted by Gasteiger charge is -2.32. The van der Waals surface area contributed by atoms with E-state index >= 15 is 0 Å². The number of piperazine rings is 1. The molecule has 1 aliphatic heterocycles. The number of nitrogens with zero attached hydrogens (tertiary/aromatic N) is 2. The maximum Gasteiger partial charge on any atom is 0.204 e. The zero-order chi connectivity index (χ0) is 22.4. The van der Waals surface area contributed by atoms with E-state index in [0.717, 1.165) is 38.3 Å². The number of hydrogen-bond donors (Lipinski definition) is 0. The summed E-state index contributed by atoms with van der Waals surface area (Å²) in [6, 6.07) is 11.7. The lowest BCUT2D eigenvalue weighted by molar-refractivity contribution is 0.104. The Morgan fingerprint density at radius 2 is 1.65 bits per heavy atom. The minimum Gasteiger partial charge on any atom is -0.493 e. The number of likely N-dealkylation sites (N-methyl/N-ethyl adjacent to an activating group) is 1. The zero-order valence-electron chi connectivity index (χ0n) is 18.5. The fraction of sp³-hybridized carbons (Fsp3) is 0.375. The number of halogens is 1. The number of allylic oxidation sites excluding steroid dienone is 1. The first-order chi connectivity index (χ1) is 15.0. The van der Waals surface area contributed by atoms with Gasteiger partial charge in [0.1, 0.15) is 0 Å². The van der Waals surface area contributed by atoms with Gasteiger partial charge in [0.15, 0.2) is 11.5 Å². The monoisotopic (exact) mass is 536 g/mol. The Morgan fingerprint density at radius 3 is 2.29 bits per heavy atom. The summed E-state index contributed by atoms with van der Waals surface area (Å²) in [4.78, 5) is 18.1. The molecule has 1 fully saturated rings. The number of carbonyl (C=O) groups excluding carboxylic acids is 1. The van der Waals surface area contributed by atoms with Crippen LogP contribution in [0.5, 0.6) is 17.2 Å². The minimum absolute atomic E-state index is 0.118. The van der Waals surface area contributed by atoms with E-state index in [9.17, 15) is 4.79 Å². The van der Waals surface area contributed by atoms with Crippen LogP contribution in [-0.2, 0) is 6.54 Å². The molecule has 3 rings (SSSR count). The summed E-state index contributed by atoms with van der Waals surface area (Å²) in [7, 11) is 6.77. The molecule has 2 aromatic rings. The first-order valence-electron chi connectivity index (χ1n) is 10.2. The van der Waals surface area contributed by atoms with Crippen molar-refractivity contribution in [3.05, 3.63) is 56.7 Å². The van der Waals surface area contributed by atoms with Gasteiger partial charge >= 0.3 is 0 Å². The molecule has 31 heavy (non-hydrogen) atoms. The van der Waals surface area contributed by atoms with Crippen molar-refractivity contribution in [1.82, 2.24) is 9.80 Å². The normalized spacial score (nSPS) is 15.6. The largest absolute Gasteiger partial charge is 0.493 e. The van der Waals surface area contributed by atoms with Crippen molar-refractivity contribution in [1.29, 1.82) is 0 Å². The molecule has 0 atom stereocenters. The molecular weight excluding hydrogens is 507 g/mol. The molecule has 6 nitrogen and oxygen atoms in total. The Bertz CT molecular complexity index is 953. The highest BCUT2D eigenvalue weighted by Crippen LogP contribution is 2.41. The summed E-state index contributed by atoms with van der Waals surface area (Å²) >= 11 is 2.10. The second kappa shape index (κ2) is 11.0. The second-order valence-electron chi connectivity index (χ2n) is 7.48. The van der Waals surface area contributed by atoms with Gasteiger partial charge in [-0.25, -0.2) is 0 Å². The van der Waals surface area contributed by atoms with Gasteiger partial charge in [0, 0.05) is 32.7 Å². The number of rotatable bonds is 8. The molecule has 0 unspecified atom stereocenters. The van der Waals surface area contributed by atoms with E-state index in [-0.39, 0.29) is 5.78 Å². The summed E-state index contributed by atoms with van der Waals surface area (Å²) in [6.07, 6.45) is 1.95. The van der Waals surface area contributed by atoms with Crippen LogP contribution < -0.4 is 14.2 Å². The van der Waals surface area contributed by atoms with Crippen LogP contribution in [0.4, 0.5) is 0 Å². The average molecular weight is 536 g/mol. The molecule has 0 spiro atoms. The number of hydrogen-bond acceptors (Lipinski definition) is 6. The van der Waals surface area contributed by atoms with Gasteiger partial charge in [-0.05, 0) is 59.0 Å². The second-order valence-corrected chi connectivity index (χ2v) is 8.64. The van der Waals surface area contributed by atoms with Crippen LogP contribution in [0.1, 0.15) is 21.5 Å². The third-order valence-electron chi connectivity index (χ3n) is 5.49. The average Bonchev–Trinajstić information content (AvgIpc) is 2.80. The Kier molecular flexibility index (Phi) is 8.34. The number of benzene rings is 2. The maximum absolute atomic E-state index is 13.3. The third kappa shape index (κ3) is 5.58. The van der Waals surface area contributed by atoms with E-state index in [2.05, 4.69) is 57.6 Å². The molecule has 1 heterocycles. The van der Waals surface area contributed by atoms with E-state index in [1.165, 1.54) is 19.8 Å². The lowest BCUT2D eigenvalue weighted by atomic mass is 10.0. The number of Topliss-reactive ketones (excluding diaryl/α,β-unsaturated/α-hetero) is 1. The van der Waals surface area contributed by atoms with Crippen LogP contribution in [0.15, 0.2) is 40.0 Å². The zero-order valence-corrected chi connectivity index (χ0v) is 20.6. The number of ketones is 1. The number of methoxy groups -OCH3 is 3. The van der Waals surface area contributed by atoms with Crippen molar-refractivity contribution >= 4 is 34.5 Å². The van der Waals surface area contributed by atoms with E-state index in [4.69, 9.17) is 14.2 Å². The smallest absolute Gasteiger partial charge is 0.204 e. The topological polar surface area (TPSA) is 51.2 Å². The Balaban J connectivity index is 1.88. The van der Waals surface area contributed by atoms with Crippen LogP contribution in [-0.4, -0.2) is 70.1 Å². The molecule has 2 aromatic carbocycles. The van der Waals surface area contributed by atoms with Gasteiger partial charge in [-0.15, -0.1) is 0 Å². The van der Waals surface area contributed by atoms with Gasteiger partial charge in [0.2, 0.25) is 11.5 Å². The summed E-state index contributed by atoms with van der Waals surface area (Å²) < 4.78 is 16.9. The number of ether oxygens (including phenoxy) is 3. The molecule has 0 N–H and O–H groups in total. The number of carbonyl (C=O) groups is 1. The highest BCUT2D eigenvalue weighted by atomic mass is 127. The van der Waals surface area contributed by atoms with Crippen molar-refractivity contribution in [2.45, 2.75) is 6.54 Å². The van der Waals surface area contributed by atoms with Gasteiger partial charge in [-0.2, -0.15) is 0 Å². The Labute approximate surface area is 197 Å². The van der Waals surface area contributed by atoms with Gasteiger partial charge < -0.3 is 19.1 Å². The molecule has 166 valence electrons. The highest BCUT2D eigenvalue weighted by Gasteiger charge is 2.22. The van der Waals surface area contributed by atoms with Crippen LogP contribution in [0, 0.1) is 0 Å². The summed E-state index contributed by atoms with van der Waals surface area (Å²) in [5, 5.41) is 0. The lowest BCUT2D eigenvalue weighted by Crippen LogP contribution is -2.43. The molecule has 0 aromatic heterocycles. The fourth-order valence-electron chi connectivity index (χ4n) is 3.68. The Morgan fingerprint density at radius 1 is 0.968 bits per heavy atom. The van der Waals surface area contributed by atoms with Crippen molar-refractivity contribution in [3.8, 4) is 17.2 Å². The van der Waals surface area contributed by atoms with Crippen molar-refractivity contribution in [2.24, 2.45) is 0 Å². The summed E-state index contributed by atoms with van der Waals surface area (Å²) in [5.74, 6) is 1.19. The third-order valence-corrected chi connectivity index (χ3v) is 6.29. The fourth-order valence-corrected chi connectivity index (χ4v) is 4.30. The highest BCUT2D eigenvalue weighted by molar-refractivity contribution is 14.1. The molecular formula is C24H29IN2O4. The summed E-state index contributed by atoms with van der Waals surface area (Å²) in [6.45, 7) is 5.12. The van der Waals surface area contributed by atoms with Gasteiger partial charge in [-0.3, -0.25) is 9.69 Å². The molecule has 7 heteroatoms. The first-order valence-corrected chi connectivity index (χ1v) is 11.3. The Hall–Kier alpha value is -2.10. The van der Waals surface area contributed by atoms with Crippen molar-refractivity contribution in [3.63, 3.8) is 0 Å². The molecule has 1 saturated heterocycles. The van der Waals surface area contributed by atoms with Crippen molar-refractivity contribution in [2.75, 3.05) is 54.6 Å². The standard InChI is InChI=1S/C24H29IN2O4/c1-26-11-13-27(14-12-26)16-18-8-6-5-7-17(18)15-20(25)22(28)19-9-10-21(29-2)24(31-4)23(19)30-3/h5-10,15H,11-14,16H2,1-4H3. The quantitative estimate of drug-likeness (QED) is 0.288. The molecule has 0 amide bonds. The SMILES string of the molecule is COc1ccc(C(=O)C(I)=Cc2ccccc2CN2CCN(C)CC2)c(OC)c1OC. The first kappa shape index (κ1) is 23.6. The van der Waals surface area contributed by atoms with Crippen LogP contribution >= 0.6 is 22.6 Å². The van der Waals surface area contributed by atoms with Crippen LogP contribution in [0.25, 0.3) is 6.08 Å². The predicted molar refractivity (Wildman–Crippen MR) is 132 cm³/mol. The van der Waals surface area contributed by atoms with Gasteiger partial charge in [-0.1, -0.05) is 24.3 Å². The van der Waals surface area contributed by atoms with Crippen LogP contribution in [0.2, 0.25) is 0 Å². The molecule has 0 aliphatic carbocycles. The van der Waals surface area contributed by atoms with Gasteiger partial charge in [0.05, 0.1) is 30.5 Å². The maximum atomic E-state index is 13.3. The predicted octanol–water partition coefficient (Wildman–Crippen LogP) is 4.12. The van der Waals surface area contributed by atoms with Crippen molar-refractivity contribution < 1.29 is 19.0 Å². The molecule has 1 aliphatic rings. The molecule has 0 bridgehead atoms. The van der Waals surface area contributed by atoms with E-state index in [1.807, 2.05) is 12.1 Å².